The minimum absolute atomic E-state index is 0.0106. The maximum atomic E-state index is 13.1. The number of methoxy groups -OCH3 is 1. The zero-order valence-electron chi connectivity index (χ0n) is 9.05. The van der Waals surface area contributed by atoms with Crippen LogP contribution in [0.1, 0.15) is 16.2 Å². The van der Waals surface area contributed by atoms with Crippen molar-refractivity contribution >= 4 is 5.78 Å². The second kappa shape index (κ2) is 4.69. The third-order valence-corrected chi connectivity index (χ3v) is 2.18. The van der Waals surface area contributed by atoms with Gasteiger partial charge in [-0.25, -0.2) is 14.4 Å². The lowest BCUT2D eigenvalue weighted by molar-refractivity contribution is 0.102. The van der Waals surface area contributed by atoms with Crippen LogP contribution in [0.3, 0.4) is 0 Å². The third-order valence-electron chi connectivity index (χ3n) is 2.18. The monoisotopic (exact) mass is 232 g/mol. The van der Waals surface area contributed by atoms with Gasteiger partial charge in [-0.15, -0.1) is 0 Å². The summed E-state index contributed by atoms with van der Waals surface area (Å²) < 4.78 is 18.1. The van der Waals surface area contributed by atoms with Crippen LogP contribution in [0.15, 0.2) is 36.7 Å². The average Bonchev–Trinajstić information content (AvgIpc) is 2.39. The van der Waals surface area contributed by atoms with Gasteiger partial charge in [0.2, 0.25) is 11.6 Å². The molecule has 0 amide bonds. The molecule has 5 heteroatoms. The van der Waals surface area contributed by atoms with Gasteiger partial charge in [0.05, 0.1) is 12.7 Å². The lowest BCUT2D eigenvalue weighted by Crippen LogP contribution is -2.08. The van der Waals surface area contributed by atoms with E-state index in [1.165, 1.54) is 31.6 Å². The van der Waals surface area contributed by atoms with Crippen molar-refractivity contribution in [3.8, 4) is 5.75 Å². The summed E-state index contributed by atoms with van der Waals surface area (Å²) in [7, 11) is 1.41. The molecule has 0 aliphatic carbocycles. The van der Waals surface area contributed by atoms with Crippen LogP contribution >= 0.6 is 0 Å². The summed E-state index contributed by atoms with van der Waals surface area (Å²) >= 11 is 0. The van der Waals surface area contributed by atoms with E-state index in [4.69, 9.17) is 4.74 Å². The number of carbonyl (C=O) groups is 1. The molecular weight excluding hydrogens is 223 g/mol. The molecule has 0 atom stereocenters. The number of ketones is 1. The molecule has 0 bridgehead atoms. The van der Waals surface area contributed by atoms with Gasteiger partial charge in [0.25, 0.3) is 0 Å². The van der Waals surface area contributed by atoms with E-state index in [1.807, 2.05) is 0 Å². The zero-order valence-corrected chi connectivity index (χ0v) is 9.05. The zero-order chi connectivity index (χ0) is 12.3. The van der Waals surface area contributed by atoms with Gasteiger partial charge in [0.1, 0.15) is 11.6 Å². The topological polar surface area (TPSA) is 52.1 Å². The van der Waals surface area contributed by atoms with E-state index in [1.54, 1.807) is 6.07 Å². The average molecular weight is 232 g/mol. The van der Waals surface area contributed by atoms with E-state index in [0.29, 0.717) is 5.75 Å². The maximum absolute atomic E-state index is 13.1. The molecule has 1 aromatic heterocycles. The highest BCUT2D eigenvalue weighted by Crippen LogP contribution is 2.21. The number of halogens is 1. The van der Waals surface area contributed by atoms with E-state index < -0.39 is 11.6 Å². The Balaban J connectivity index is 2.47. The Bertz CT molecular complexity index is 543. The molecule has 17 heavy (non-hydrogen) atoms. The van der Waals surface area contributed by atoms with Gasteiger partial charge in [0.15, 0.2) is 0 Å². The first-order valence-electron chi connectivity index (χ1n) is 4.87. The van der Waals surface area contributed by atoms with Gasteiger partial charge in [0, 0.05) is 12.4 Å². The van der Waals surface area contributed by atoms with Gasteiger partial charge in [-0.3, -0.25) is 4.79 Å². The minimum atomic E-state index is -0.509. The van der Waals surface area contributed by atoms with Crippen LogP contribution in [0.5, 0.6) is 5.75 Å². The van der Waals surface area contributed by atoms with Crippen LogP contribution in [0.2, 0.25) is 0 Å². The first kappa shape index (κ1) is 11.2. The fourth-order valence-electron chi connectivity index (χ4n) is 1.39. The standard InChI is InChI=1S/C12H9FN2O2/c1-17-10-4-3-8(13)7-9(10)11(16)12-14-5-2-6-15-12/h2-7H,1H3. The molecule has 0 aliphatic rings. The predicted octanol–water partition coefficient (Wildman–Crippen LogP) is 1.86. The Morgan fingerprint density at radius 2 is 2.00 bits per heavy atom. The molecule has 0 unspecified atom stereocenters. The van der Waals surface area contributed by atoms with E-state index >= 15 is 0 Å². The lowest BCUT2D eigenvalue weighted by atomic mass is 10.1. The van der Waals surface area contributed by atoms with Gasteiger partial charge < -0.3 is 4.74 Å². The molecule has 1 heterocycles. The highest BCUT2D eigenvalue weighted by Gasteiger charge is 2.17. The Morgan fingerprint density at radius 3 is 2.65 bits per heavy atom. The summed E-state index contributed by atoms with van der Waals surface area (Å²) in [5, 5.41) is 0. The van der Waals surface area contributed by atoms with Crippen LogP contribution in [0.25, 0.3) is 0 Å². The molecule has 0 N–H and O–H groups in total. The molecular formula is C12H9FN2O2. The Labute approximate surface area is 97.1 Å². The number of hydrogen-bond donors (Lipinski definition) is 0. The number of aromatic nitrogens is 2. The van der Waals surface area contributed by atoms with Gasteiger partial charge >= 0.3 is 0 Å². The van der Waals surface area contributed by atoms with Crippen molar-refractivity contribution < 1.29 is 13.9 Å². The second-order valence-electron chi connectivity index (χ2n) is 3.25. The predicted molar refractivity (Wildman–Crippen MR) is 58.4 cm³/mol. The van der Waals surface area contributed by atoms with E-state index in [2.05, 4.69) is 9.97 Å². The summed E-state index contributed by atoms with van der Waals surface area (Å²) in [6, 6.07) is 5.32. The van der Waals surface area contributed by atoms with E-state index in [-0.39, 0.29) is 11.4 Å². The Hall–Kier alpha value is -2.30. The highest BCUT2D eigenvalue weighted by atomic mass is 19.1. The molecule has 0 saturated carbocycles. The number of ether oxygens (including phenoxy) is 1. The van der Waals surface area contributed by atoms with Crippen molar-refractivity contribution in [1.82, 2.24) is 9.97 Å². The second-order valence-corrected chi connectivity index (χ2v) is 3.25. The smallest absolute Gasteiger partial charge is 0.234 e. The molecule has 4 nitrogen and oxygen atoms in total. The van der Waals surface area contributed by atoms with Crippen molar-refractivity contribution in [2.45, 2.75) is 0 Å². The summed E-state index contributed by atoms with van der Waals surface area (Å²) in [4.78, 5) is 19.6. The summed E-state index contributed by atoms with van der Waals surface area (Å²) in [5.41, 5.74) is 0.110. The largest absolute Gasteiger partial charge is 0.496 e. The molecule has 0 radical (unpaired) electrons. The normalized spacial score (nSPS) is 10.0. The molecule has 0 fully saturated rings. The van der Waals surface area contributed by atoms with Crippen LogP contribution in [0, 0.1) is 5.82 Å². The van der Waals surface area contributed by atoms with Crippen LogP contribution < -0.4 is 4.74 Å². The summed E-state index contributed by atoms with van der Waals surface area (Å²) in [6.07, 6.45) is 2.90. The van der Waals surface area contributed by atoms with Crippen LogP contribution in [0.4, 0.5) is 4.39 Å². The minimum Gasteiger partial charge on any atom is -0.496 e. The van der Waals surface area contributed by atoms with Gasteiger partial charge in [-0.2, -0.15) is 0 Å². The number of carbonyl (C=O) groups excluding carboxylic acids is 1. The first-order chi connectivity index (χ1) is 8.22. The maximum Gasteiger partial charge on any atom is 0.234 e. The number of rotatable bonds is 3. The van der Waals surface area contributed by atoms with Crippen molar-refractivity contribution in [3.05, 3.63) is 53.9 Å². The van der Waals surface area contributed by atoms with E-state index in [9.17, 15) is 9.18 Å². The van der Waals surface area contributed by atoms with Crippen molar-refractivity contribution in [2.24, 2.45) is 0 Å². The van der Waals surface area contributed by atoms with Gasteiger partial charge in [-0.1, -0.05) is 0 Å². The van der Waals surface area contributed by atoms with Crippen molar-refractivity contribution in [2.75, 3.05) is 7.11 Å². The van der Waals surface area contributed by atoms with Crippen LogP contribution in [-0.4, -0.2) is 22.9 Å². The number of hydrogen-bond acceptors (Lipinski definition) is 4. The summed E-state index contributed by atoms with van der Waals surface area (Å²) in [5.74, 6) is -0.674. The first-order valence-corrected chi connectivity index (χ1v) is 4.87. The van der Waals surface area contributed by atoms with Crippen molar-refractivity contribution in [1.29, 1.82) is 0 Å². The van der Waals surface area contributed by atoms with E-state index in [0.717, 1.165) is 6.07 Å². The highest BCUT2D eigenvalue weighted by molar-refractivity contribution is 6.08. The summed E-state index contributed by atoms with van der Waals surface area (Å²) in [6.45, 7) is 0. The molecule has 0 saturated heterocycles. The quantitative estimate of drug-likeness (QED) is 0.758. The Kier molecular flexibility index (Phi) is 3.09. The molecule has 2 aromatic rings. The van der Waals surface area contributed by atoms with Crippen molar-refractivity contribution in [3.63, 3.8) is 0 Å². The van der Waals surface area contributed by atoms with Gasteiger partial charge in [-0.05, 0) is 24.3 Å². The molecule has 1 aromatic carbocycles. The SMILES string of the molecule is COc1ccc(F)cc1C(=O)c1ncccn1. The third kappa shape index (κ3) is 2.28. The fourth-order valence-corrected chi connectivity index (χ4v) is 1.39. The molecule has 2 rings (SSSR count). The Morgan fingerprint density at radius 1 is 1.29 bits per heavy atom. The molecule has 86 valence electrons. The number of benzene rings is 1. The van der Waals surface area contributed by atoms with Crippen LogP contribution in [-0.2, 0) is 0 Å². The molecule has 0 aliphatic heterocycles. The number of nitrogens with zero attached hydrogens (tertiary/aromatic N) is 2. The molecule has 0 spiro atoms. The fraction of sp³-hybridized carbons (Fsp3) is 0.0833. The lowest BCUT2D eigenvalue weighted by Gasteiger charge is -2.06.